The molecule has 1 fully saturated rings. The zero-order valence-corrected chi connectivity index (χ0v) is 11.5. The van der Waals surface area contributed by atoms with Gasteiger partial charge in [-0.05, 0) is 19.4 Å². The summed E-state index contributed by atoms with van der Waals surface area (Å²) in [4.78, 5) is 13.6. The number of likely N-dealkylation sites (tertiary alicyclic amines) is 1. The molecule has 1 atom stereocenters. The van der Waals surface area contributed by atoms with Crippen LogP contribution in [0, 0.1) is 5.92 Å². The monoisotopic (exact) mass is 328 g/mol. The van der Waals surface area contributed by atoms with Gasteiger partial charge in [-0.1, -0.05) is 22.5 Å². The van der Waals surface area contributed by atoms with Crippen molar-refractivity contribution >= 4 is 21.8 Å². The fourth-order valence-electron chi connectivity index (χ4n) is 1.99. The third-order valence-corrected chi connectivity index (χ3v) is 2.99. The highest BCUT2D eigenvalue weighted by Crippen LogP contribution is 2.19. The lowest BCUT2D eigenvalue weighted by Crippen LogP contribution is -2.45. The minimum Gasteiger partial charge on any atom is -0.347 e. The van der Waals surface area contributed by atoms with E-state index in [0.717, 1.165) is 17.4 Å². The van der Waals surface area contributed by atoms with Crippen LogP contribution in [0.25, 0.3) is 0 Å². The molecule has 1 rings (SSSR count). The van der Waals surface area contributed by atoms with Gasteiger partial charge in [-0.25, -0.2) is 0 Å². The second-order valence-corrected chi connectivity index (χ2v) is 5.55. The molecule has 18 heavy (non-hydrogen) atoms. The molecule has 0 aromatic carbocycles. The normalized spacial score (nSPS) is 21.7. The SMILES string of the molecule is C=C(Br)CN1CCCC(C(=O)NCC(F)(F)F)C1. The molecule has 0 aromatic rings. The van der Waals surface area contributed by atoms with Gasteiger partial charge in [0.25, 0.3) is 0 Å². The molecule has 1 aliphatic rings. The first kappa shape index (κ1) is 15.5. The molecule has 7 heteroatoms. The molecule has 0 bridgehead atoms. The van der Waals surface area contributed by atoms with Crippen molar-refractivity contribution in [2.45, 2.75) is 19.0 Å². The van der Waals surface area contributed by atoms with Crippen LogP contribution in [0.3, 0.4) is 0 Å². The molecule has 0 aliphatic carbocycles. The number of carbonyl (C=O) groups excluding carboxylic acids is 1. The number of amides is 1. The van der Waals surface area contributed by atoms with E-state index >= 15 is 0 Å². The Labute approximate surface area is 113 Å². The zero-order chi connectivity index (χ0) is 13.8. The highest BCUT2D eigenvalue weighted by molar-refractivity contribution is 9.11. The van der Waals surface area contributed by atoms with Gasteiger partial charge >= 0.3 is 6.18 Å². The summed E-state index contributed by atoms with van der Waals surface area (Å²) in [7, 11) is 0. The lowest BCUT2D eigenvalue weighted by molar-refractivity contribution is -0.141. The van der Waals surface area contributed by atoms with Gasteiger partial charge in [-0.2, -0.15) is 13.2 Å². The molecule has 104 valence electrons. The second kappa shape index (κ2) is 6.56. The van der Waals surface area contributed by atoms with E-state index in [-0.39, 0.29) is 5.92 Å². The van der Waals surface area contributed by atoms with Crippen LogP contribution in [-0.4, -0.2) is 43.2 Å². The number of piperidine rings is 1. The summed E-state index contributed by atoms with van der Waals surface area (Å²) in [6, 6.07) is 0. The lowest BCUT2D eigenvalue weighted by atomic mass is 9.97. The van der Waals surface area contributed by atoms with Crippen molar-refractivity contribution in [3.8, 4) is 0 Å². The smallest absolute Gasteiger partial charge is 0.347 e. The quantitative estimate of drug-likeness (QED) is 0.858. The number of rotatable bonds is 4. The minimum atomic E-state index is -4.35. The van der Waals surface area contributed by atoms with Crippen LogP contribution >= 0.6 is 15.9 Å². The first-order valence-electron chi connectivity index (χ1n) is 5.68. The van der Waals surface area contributed by atoms with Crippen LogP contribution in [0.4, 0.5) is 13.2 Å². The van der Waals surface area contributed by atoms with Crippen molar-refractivity contribution < 1.29 is 18.0 Å². The van der Waals surface area contributed by atoms with E-state index in [1.54, 1.807) is 0 Å². The number of nitrogens with one attached hydrogen (secondary N) is 1. The van der Waals surface area contributed by atoms with E-state index in [9.17, 15) is 18.0 Å². The molecule has 0 spiro atoms. The number of halogens is 4. The topological polar surface area (TPSA) is 32.3 Å². The number of alkyl halides is 3. The fraction of sp³-hybridized carbons (Fsp3) is 0.727. The van der Waals surface area contributed by atoms with Gasteiger partial charge in [-0.15, -0.1) is 0 Å². The summed E-state index contributed by atoms with van der Waals surface area (Å²) in [5, 5.41) is 1.94. The molecule has 1 N–H and O–H groups in total. The van der Waals surface area contributed by atoms with Gasteiger partial charge in [0.1, 0.15) is 6.54 Å². The predicted molar refractivity (Wildman–Crippen MR) is 66.3 cm³/mol. The van der Waals surface area contributed by atoms with E-state index in [2.05, 4.69) is 22.5 Å². The summed E-state index contributed by atoms with van der Waals surface area (Å²) in [6.45, 7) is 4.39. The van der Waals surface area contributed by atoms with Gasteiger partial charge in [-0.3, -0.25) is 9.69 Å². The Bertz CT molecular complexity index is 320. The first-order valence-corrected chi connectivity index (χ1v) is 6.47. The van der Waals surface area contributed by atoms with Gasteiger partial charge in [0.05, 0.1) is 5.92 Å². The molecule has 1 heterocycles. The van der Waals surface area contributed by atoms with E-state index in [0.29, 0.717) is 19.5 Å². The standard InChI is InChI=1S/C11H16BrF3N2O/c1-8(12)5-17-4-2-3-9(6-17)10(18)16-7-11(13,14)15/h9H,1-7H2,(H,16,18). The number of carbonyl (C=O) groups is 1. The Balaban J connectivity index is 2.41. The van der Waals surface area contributed by atoms with Gasteiger partial charge in [0, 0.05) is 17.6 Å². The molecule has 0 aromatic heterocycles. The molecule has 0 saturated carbocycles. The number of hydrogen-bond acceptors (Lipinski definition) is 2. The maximum atomic E-state index is 12.0. The Hall–Kier alpha value is -0.560. The average Bonchev–Trinajstić information content (AvgIpc) is 2.24. The minimum absolute atomic E-state index is 0.368. The van der Waals surface area contributed by atoms with Crippen LogP contribution in [0.5, 0.6) is 0 Å². The third-order valence-electron chi connectivity index (χ3n) is 2.73. The molecule has 0 radical (unpaired) electrons. The third kappa shape index (κ3) is 5.86. The maximum absolute atomic E-state index is 12.0. The van der Waals surface area contributed by atoms with E-state index in [1.165, 1.54) is 0 Å². The Morgan fingerprint density at radius 2 is 2.17 bits per heavy atom. The fourth-order valence-corrected chi connectivity index (χ4v) is 2.34. The Morgan fingerprint density at radius 1 is 1.50 bits per heavy atom. The van der Waals surface area contributed by atoms with Crippen molar-refractivity contribution in [1.82, 2.24) is 10.2 Å². The van der Waals surface area contributed by atoms with Crippen molar-refractivity contribution in [2.75, 3.05) is 26.2 Å². The summed E-state index contributed by atoms with van der Waals surface area (Å²) < 4.78 is 36.8. The van der Waals surface area contributed by atoms with Crippen LogP contribution in [0.15, 0.2) is 11.1 Å². The highest BCUT2D eigenvalue weighted by Gasteiger charge is 2.31. The first-order chi connectivity index (χ1) is 8.28. The summed E-state index contributed by atoms with van der Waals surface area (Å²) in [5.74, 6) is -0.884. The molecular weight excluding hydrogens is 313 g/mol. The van der Waals surface area contributed by atoms with Crippen molar-refractivity contribution in [3.05, 3.63) is 11.1 Å². The molecule has 1 unspecified atom stereocenters. The number of hydrogen-bond donors (Lipinski definition) is 1. The van der Waals surface area contributed by atoms with Gasteiger partial charge in [0.15, 0.2) is 0 Å². The summed E-state index contributed by atoms with van der Waals surface area (Å²) in [6.07, 6.45) is -2.91. The van der Waals surface area contributed by atoms with Gasteiger partial charge < -0.3 is 5.32 Å². The molecule has 1 aliphatic heterocycles. The number of nitrogens with zero attached hydrogens (tertiary/aromatic N) is 1. The largest absolute Gasteiger partial charge is 0.405 e. The van der Waals surface area contributed by atoms with Gasteiger partial charge in [0.2, 0.25) is 5.91 Å². The predicted octanol–water partition coefficient (Wildman–Crippen LogP) is 2.29. The Kier molecular flexibility index (Phi) is 5.65. The summed E-state index contributed by atoms with van der Waals surface area (Å²) >= 11 is 3.24. The summed E-state index contributed by atoms with van der Waals surface area (Å²) in [5.41, 5.74) is 0. The van der Waals surface area contributed by atoms with Crippen molar-refractivity contribution in [3.63, 3.8) is 0 Å². The van der Waals surface area contributed by atoms with E-state index < -0.39 is 18.6 Å². The lowest BCUT2D eigenvalue weighted by Gasteiger charge is -2.31. The van der Waals surface area contributed by atoms with Crippen LogP contribution in [0.1, 0.15) is 12.8 Å². The van der Waals surface area contributed by atoms with Crippen molar-refractivity contribution in [1.29, 1.82) is 0 Å². The second-order valence-electron chi connectivity index (χ2n) is 4.42. The van der Waals surface area contributed by atoms with E-state index in [1.807, 2.05) is 10.2 Å². The molecular formula is C11H16BrF3N2O. The molecule has 3 nitrogen and oxygen atoms in total. The van der Waals surface area contributed by atoms with Crippen LogP contribution in [0.2, 0.25) is 0 Å². The zero-order valence-electron chi connectivity index (χ0n) is 9.89. The van der Waals surface area contributed by atoms with E-state index in [4.69, 9.17) is 0 Å². The molecule has 1 amide bonds. The van der Waals surface area contributed by atoms with Crippen molar-refractivity contribution in [2.24, 2.45) is 5.92 Å². The average molecular weight is 329 g/mol. The maximum Gasteiger partial charge on any atom is 0.405 e. The Morgan fingerprint density at radius 3 is 2.72 bits per heavy atom. The van der Waals surface area contributed by atoms with Crippen LogP contribution in [-0.2, 0) is 4.79 Å². The van der Waals surface area contributed by atoms with Crippen LogP contribution < -0.4 is 5.32 Å². The highest BCUT2D eigenvalue weighted by atomic mass is 79.9. The molecule has 1 saturated heterocycles.